The molecule has 2 N–H and O–H groups in total. The van der Waals surface area contributed by atoms with Crippen molar-refractivity contribution in [3.63, 3.8) is 0 Å². The van der Waals surface area contributed by atoms with Crippen molar-refractivity contribution < 1.29 is 0 Å². The molecule has 3 heterocycles. The molecule has 4 rings (SSSR count). The van der Waals surface area contributed by atoms with E-state index < -0.39 is 0 Å². The van der Waals surface area contributed by atoms with Crippen LogP contribution in [0.4, 0.5) is 5.82 Å². The van der Waals surface area contributed by atoms with Crippen molar-refractivity contribution in [1.82, 2.24) is 19.6 Å². The number of imidazole rings is 1. The van der Waals surface area contributed by atoms with Gasteiger partial charge in [0.2, 0.25) is 0 Å². The third kappa shape index (κ3) is 1.74. The second-order valence-electron chi connectivity index (χ2n) is 4.89. The van der Waals surface area contributed by atoms with Gasteiger partial charge in [-0.1, -0.05) is 6.07 Å². The molecule has 0 bridgehead atoms. The number of anilines is 1. The number of nitrogen functional groups attached to an aromatic ring is 1. The third-order valence-corrected chi connectivity index (χ3v) is 3.41. The van der Waals surface area contributed by atoms with E-state index in [-0.39, 0.29) is 0 Å². The first kappa shape index (κ1) is 10.5. The lowest BCUT2D eigenvalue weighted by atomic mass is 10.2. The van der Waals surface area contributed by atoms with Gasteiger partial charge in [0.25, 0.3) is 0 Å². The minimum Gasteiger partial charge on any atom is -0.384 e. The fourth-order valence-electron chi connectivity index (χ4n) is 2.25. The molecule has 3 aromatic rings. The molecule has 19 heavy (non-hydrogen) atoms. The van der Waals surface area contributed by atoms with Crippen molar-refractivity contribution in [3.05, 3.63) is 42.2 Å². The molecule has 0 aromatic carbocycles. The van der Waals surface area contributed by atoms with Crippen molar-refractivity contribution in [2.75, 3.05) is 5.73 Å². The minimum atomic E-state index is 0.505. The second kappa shape index (κ2) is 3.78. The standard InChI is InChI=1S/C14H13N5/c15-13-3-1-2-11(17-13)12-8-16-14-7-6-10(9-4-5-9)18-19(12)14/h1-3,6-9H,4-5H2,(H2,15,17). The van der Waals surface area contributed by atoms with E-state index in [0.717, 1.165) is 22.7 Å². The van der Waals surface area contributed by atoms with Crippen LogP contribution < -0.4 is 5.73 Å². The number of nitrogens with two attached hydrogens (primary N) is 1. The molecule has 0 saturated heterocycles. The Bertz CT molecular complexity index is 757. The van der Waals surface area contributed by atoms with E-state index in [0.29, 0.717) is 11.7 Å². The quantitative estimate of drug-likeness (QED) is 0.758. The van der Waals surface area contributed by atoms with Gasteiger partial charge in [-0.15, -0.1) is 0 Å². The summed E-state index contributed by atoms with van der Waals surface area (Å²) in [4.78, 5) is 8.70. The second-order valence-corrected chi connectivity index (χ2v) is 4.89. The van der Waals surface area contributed by atoms with E-state index in [9.17, 15) is 0 Å². The van der Waals surface area contributed by atoms with Crippen LogP contribution in [0, 0.1) is 0 Å². The predicted octanol–water partition coefficient (Wildman–Crippen LogP) is 2.25. The Hall–Kier alpha value is -2.43. The van der Waals surface area contributed by atoms with Crippen LogP contribution in [0.15, 0.2) is 36.5 Å². The van der Waals surface area contributed by atoms with E-state index in [1.807, 2.05) is 22.7 Å². The highest BCUT2D eigenvalue weighted by Gasteiger charge is 2.25. The highest BCUT2D eigenvalue weighted by atomic mass is 15.3. The molecule has 0 unspecified atom stereocenters. The van der Waals surface area contributed by atoms with Crippen molar-refractivity contribution in [2.45, 2.75) is 18.8 Å². The summed E-state index contributed by atoms with van der Waals surface area (Å²) < 4.78 is 1.86. The molecular weight excluding hydrogens is 238 g/mol. The molecule has 1 aliphatic rings. The number of hydrogen-bond acceptors (Lipinski definition) is 4. The number of aromatic nitrogens is 4. The maximum absolute atomic E-state index is 5.74. The van der Waals surface area contributed by atoms with Crippen LogP contribution in [0.2, 0.25) is 0 Å². The molecule has 0 amide bonds. The smallest absolute Gasteiger partial charge is 0.154 e. The Kier molecular flexibility index (Phi) is 2.09. The number of hydrogen-bond donors (Lipinski definition) is 1. The molecule has 1 saturated carbocycles. The van der Waals surface area contributed by atoms with E-state index in [1.54, 1.807) is 12.3 Å². The van der Waals surface area contributed by atoms with Crippen LogP contribution in [-0.2, 0) is 0 Å². The van der Waals surface area contributed by atoms with Gasteiger partial charge in [-0.05, 0) is 37.1 Å². The Morgan fingerprint density at radius 3 is 2.84 bits per heavy atom. The lowest BCUT2D eigenvalue weighted by molar-refractivity contribution is 0.858. The SMILES string of the molecule is Nc1cccc(-c2cnc3ccc(C4CC4)nn23)n1. The molecule has 94 valence electrons. The topological polar surface area (TPSA) is 69.1 Å². The van der Waals surface area contributed by atoms with Crippen molar-refractivity contribution >= 4 is 11.5 Å². The zero-order valence-electron chi connectivity index (χ0n) is 10.3. The van der Waals surface area contributed by atoms with Gasteiger partial charge in [0.15, 0.2) is 5.65 Å². The van der Waals surface area contributed by atoms with Crippen LogP contribution in [0.5, 0.6) is 0 Å². The summed E-state index contributed by atoms with van der Waals surface area (Å²) in [6, 6.07) is 9.66. The summed E-state index contributed by atoms with van der Waals surface area (Å²) in [7, 11) is 0. The van der Waals surface area contributed by atoms with E-state index >= 15 is 0 Å². The van der Waals surface area contributed by atoms with E-state index in [1.165, 1.54) is 12.8 Å². The summed E-state index contributed by atoms with van der Waals surface area (Å²) in [6.45, 7) is 0. The van der Waals surface area contributed by atoms with Gasteiger partial charge >= 0.3 is 0 Å². The largest absolute Gasteiger partial charge is 0.384 e. The van der Waals surface area contributed by atoms with Gasteiger partial charge in [0.1, 0.15) is 11.5 Å². The first-order valence-electron chi connectivity index (χ1n) is 6.39. The van der Waals surface area contributed by atoms with Crippen molar-refractivity contribution in [2.24, 2.45) is 0 Å². The lowest BCUT2D eigenvalue weighted by Crippen LogP contribution is -2.00. The van der Waals surface area contributed by atoms with Gasteiger partial charge in [-0.25, -0.2) is 14.5 Å². The van der Waals surface area contributed by atoms with Gasteiger partial charge in [-0.2, -0.15) is 5.10 Å². The summed E-state index contributed by atoms with van der Waals surface area (Å²) in [5, 5.41) is 4.68. The lowest BCUT2D eigenvalue weighted by Gasteiger charge is -2.03. The molecule has 0 spiro atoms. The number of fused-ring (bicyclic) bond motifs is 1. The zero-order valence-corrected chi connectivity index (χ0v) is 10.3. The predicted molar refractivity (Wildman–Crippen MR) is 72.6 cm³/mol. The average Bonchev–Trinajstić information content (AvgIpc) is 3.18. The summed E-state index contributed by atoms with van der Waals surface area (Å²) in [6.07, 6.45) is 4.26. The summed E-state index contributed by atoms with van der Waals surface area (Å²) in [5.74, 6) is 1.12. The maximum atomic E-state index is 5.74. The molecule has 0 atom stereocenters. The summed E-state index contributed by atoms with van der Waals surface area (Å²) >= 11 is 0. The van der Waals surface area contributed by atoms with Gasteiger partial charge in [0, 0.05) is 5.92 Å². The van der Waals surface area contributed by atoms with E-state index in [4.69, 9.17) is 5.73 Å². The van der Waals surface area contributed by atoms with Crippen molar-refractivity contribution in [3.8, 4) is 11.4 Å². The molecule has 1 fully saturated rings. The molecule has 5 heteroatoms. The van der Waals surface area contributed by atoms with Crippen LogP contribution in [0.3, 0.4) is 0 Å². The first-order valence-corrected chi connectivity index (χ1v) is 6.39. The molecule has 0 radical (unpaired) electrons. The number of rotatable bonds is 2. The van der Waals surface area contributed by atoms with Gasteiger partial charge < -0.3 is 5.73 Å². The minimum absolute atomic E-state index is 0.505. The van der Waals surface area contributed by atoms with Crippen LogP contribution in [0.25, 0.3) is 17.0 Å². The Labute approximate surface area is 110 Å². The molecular formula is C14H13N5. The van der Waals surface area contributed by atoms with Gasteiger partial charge in [0.05, 0.1) is 17.6 Å². The Balaban J connectivity index is 1.91. The average molecular weight is 251 g/mol. The van der Waals surface area contributed by atoms with Crippen LogP contribution in [0.1, 0.15) is 24.5 Å². The highest BCUT2D eigenvalue weighted by molar-refractivity contribution is 5.60. The van der Waals surface area contributed by atoms with Crippen LogP contribution >= 0.6 is 0 Å². The zero-order chi connectivity index (χ0) is 12.8. The molecule has 0 aliphatic heterocycles. The van der Waals surface area contributed by atoms with Crippen molar-refractivity contribution in [1.29, 1.82) is 0 Å². The summed E-state index contributed by atoms with van der Waals surface area (Å²) in [5.41, 5.74) is 9.39. The fourth-order valence-corrected chi connectivity index (χ4v) is 2.25. The molecule has 3 aromatic heterocycles. The number of pyridine rings is 1. The third-order valence-electron chi connectivity index (χ3n) is 3.41. The highest BCUT2D eigenvalue weighted by Crippen LogP contribution is 2.38. The first-order chi connectivity index (χ1) is 9.31. The number of nitrogens with zero attached hydrogens (tertiary/aromatic N) is 4. The molecule has 5 nitrogen and oxygen atoms in total. The molecule has 1 aliphatic carbocycles. The van der Waals surface area contributed by atoms with Crippen LogP contribution in [-0.4, -0.2) is 19.6 Å². The van der Waals surface area contributed by atoms with Gasteiger partial charge in [-0.3, -0.25) is 0 Å². The maximum Gasteiger partial charge on any atom is 0.154 e. The Morgan fingerprint density at radius 1 is 1.16 bits per heavy atom. The fraction of sp³-hybridized carbons (Fsp3) is 0.214. The normalized spacial score (nSPS) is 14.9. The monoisotopic (exact) mass is 251 g/mol. The Morgan fingerprint density at radius 2 is 2.05 bits per heavy atom. The van der Waals surface area contributed by atoms with E-state index in [2.05, 4.69) is 21.1 Å².